The summed E-state index contributed by atoms with van der Waals surface area (Å²) in [6.45, 7) is 8.42. The van der Waals surface area contributed by atoms with Crippen LogP contribution in [-0.2, 0) is 32.2 Å². The van der Waals surface area contributed by atoms with Gasteiger partial charge in [0.2, 0.25) is 0 Å². The van der Waals surface area contributed by atoms with Gasteiger partial charge >= 0.3 is 12.1 Å². The average Bonchev–Trinajstić information content (AvgIpc) is 3.15. The van der Waals surface area contributed by atoms with E-state index in [-0.39, 0.29) is 6.42 Å². The number of rotatable bonds is 11. The fraction of sp³-hybridized carbons (Fsp3) is 0.483. The number of hydrogen-bond acceptors (Lipinski definition) is 7. The Bertz CT molecular complexity index is 1290. The molecular formula is C29H41N3O6S. The van der Waals surface area contributed by atoms with Crippen LogP contribution in [0.4, 0.5) is 4.79 Å². The van der Waals surface area contributed by atoms with E-state index in [0.29, 0.717) is 24.8 Å². The monoisotopic (exact) mass is 559 g/mol. The van der Waals surface area contributed by atoms with E-state index in [1.165, 1.54) is 7.11 Å². The van der Waals surface area contributed by atoms with E-state index < -0.39 is 33.7 Å². The van der Waals surface area contributed by atoms with E-state index in [2.05, 4.69) is 29.1 Å². The lowest BCUT2D eigenvalue weighted by Gasteiger charge is -2.24. The van der Waals surface area contributed by atoms with E-state index >= 15 is 0 Å². The van der Waals surface area contributed by atoms with Gasteiger partial charge in [-0.15, -0.1) is 0 Å². The number of nitrogens with zero attached hydrogens (tertiary/aromatic N) is 2. The predicted octanol–water partition coefficient (Wildman–Crippen LogP) is 5.41. The smallest absolute Gasteiger partial charge is 0.408 e. The van der Waals surface area contributed by atoms with Gasteiger partial charge in [0.15, 0.2) is 0 Å². The van der Waals surface area contributed by atoms with Gasteiger partial charge < -0.3 is 28.8 Å². The van der Waals surface area contributed by atoms with Gasteiger partial charge in [0.05, 0.1) is 19.1 Å². The Morgan fingerprint density at radius 1 is 1.15 bits per heavy atom. The standard InChI is InChI=1S/C29H41N3O6S/c1-20-18-32(19-36-14-15-39(6,7)8)26-25(20)24(12-13-30-26)37-22-11-9-10-21(16-22)17-23(27(33)35-5)31-28(34)38-29(2,3)4/h9-13,16,18,23H,14-15,17,19H2,1-8H3,(H,31,34). The minimum absolute atomic E-state index is 0.206. The van der Waals surface area contributed by atoms with Gasteiger partial charge in [-0.25, -0.2) is 24.6 Å². The number of nitrogens with one attached hydrogen (secondary N) is 1. The first-order valence-electron chi connectivity index (χ1n) is 12.8. The fourth-order valence-corrected chi connectivity index (χ4v) is 4.54. The van der Waals surface area contributed by atoms with Crippen molar-refractivity contribution in [2.24, 2.45) is 0 Å². The molecule has 1 atom stereocenters. The van der Waals surface area contributed by atoms with Gasteiger partial charge in [-0.1, -0.05) is 12.1 Å². The zero-order valence-electron chi connectivity index (χ0n) is 24.2. The van der Waals surface area contributed by atoms with Crippen molar-refractivity contribution >= 4 is 33.1 Å². The maximum Gasteiger partial charge on any atom is 0.408 e. The zero-order chi connectivity index (χ0) is 28.8. The molecule has 2 heterocycles. The number of hydrogen-bond donors (Lipinski definition) is 1. The molecule has 3 aromatic rings. The molecule has 1 N–H and O–H groups in total. The maximum atomic E-state index is 12.4. The Hall–Kier alpha value is -3.24. The Morgan fingerprint density at radius 2 is 1.90 bits per heavy atom. The number of benzene rings is 1. The number of aryl methyl sites for hydroxylation is 1. The summed E-state index contributed by atoms with van der Waals surface area (Å²) in [6, 6.07) is 8.30. The molecule has 0 aliphatic carbocycles. The molecule has 1 amide bonds. The third kappa shape index (κ3) is 9.18. The highest BCUT2D eigenvalue weighted by Crippen LogP contribution is 2.34. The molecule has 0 saturated carbocycles. The quantitative estimate of drug-likeness (QED) is 0.247. The molecule has 1 aromatic carbocycles. The van der Waals surface area contributed by atoms with Gasteiger partial charge in [0.1, 0.15) is 35.5 Å². The van der Waals surface area contributed by atoms with Crippen LogP contribution in [0.25, 0.3) is 11.0 Å². The first-order chi connectivity index (χ1) is 18.3. The molecule has 1 unspecified atom stereocenters. The molecule has 0 spiro atoms. The summed E-state index contributed by atoms with van der Waals surface area (Å²) in [6.07, 6.45) is 10.1. The number of pyridine rings is 1. The highest BCUT2D eigenvalue weighted by atomic mass is 32.3. The van der Waals surface area contributed by atoms with Crippen LogP contribution in [0.15, 0.2) is 42.7 Å². The maximum absolute atomic E-state index is 12.4. The molecule has 2 aromatic heterocycles. The largest absolute Gasteiger partial charge is 0.467 e. The molecule has 9 nitrogen and oxygen atoms in total. The summed E-state index contributed by atoms with van der Waals surface area (Å²) in [7, 11) is 0.672. The van der Waals surface area contributed by atoms with Gasteiger partial charge in [0, 0.05) is 24.6 Å². The molecule has 0 radical (unpaired) electrons. The first-order valence-corrected chi connectivity index (χ1v) is 15.8. The zero-order valence-corrected chi connectivity index (χ0v) is 25.0. The molecule has 0 aliphatic heterocycles. The molecule has 214 valence electrons. The van der Waals surface area contributed by atoms with Crippen LogP contribution < -0.4 is 10.1 Å². The van der Waals surface area contributed by atoms with Gasteiger partial charge in [0.25, 0.3) is 0 Å². The normalized spacial score (nSPS) is 13.1. The molecule has 39 heavy (non-hydrogen) atoms. The molecule has 0 saturated heterocycles. The second-order valence-corrected chi connectivity index (χ2v) is 15.9. The van der Waals surface area contributed by atoms with Crippen molar-refractivity contribution in [2.75, 3.05) is 38.2 Å². The Labute approximate surface area is 232 Å². The highest BCUT2D eigenvalue weighted by Gasteiger charge is 2.25. The first kappa shape index (κ1) is 30.3. The van der Waals surface area contributed by atoms with E-state index in [9.17, 15) is 9.59 Å². The minimum Gasteiger partial charge on any atom is -0.467 e. The Kier molecular flexibility index (Phi) is 9.90. The number of alkyl carbamates (subject to hydrolysis) is 1. The third-order valence-corrected chi connectivity index (χ3v) is 7.11. The lowest BCUT2D eigenvalue weighted by atomic mass is 10.1. The number of carbonyl (C=O) groups excluding carboxylic acids is 2. The van der Waals surface area contributed by atoms with Gasteiger partial charge in [-0.2, -0.15) is 0 Å². The van der Waals surface area contributed by atoms with Crippen LogP contribution in [0.3, 0.4) is 0 Å². The summed E-state index contributed by atoms with van der Waals surface area (Å²) >= 11 is 0. The lowest BCUT2D eigenvalue weighted by Crippen LogP contribution is -2.45. The Balaban J connectivity index is 1.76. The number of fused-ring (bicyclic) bond motifs is 1. The molecule has 0 bridgehead atoms. The number of carbonyl (C=O) groups is 2. The SMILES string of the molecule is COC(=O)C(Cc1cccc(Oc2ccnc3c2c(C)cn3COCCS(C)(C)C)c1)NC(=O)OC(C)(C)C. The topological polar surface area (TPSA) is 101 Å². The number of esters is 1. The fourth-order valence-electron chi connectivity index (χ4n) is 3.92. The van der Waals surface area contributed by atoms with Crippen LogP contribution in [0.5, 0.6) is 11.5 Å². The predicted molar refractivity (Wildman–Crippen MR) is 156 cm³/mol. The van der Waals surface area contributed by atoms with Crippen molar-refractivity contribution in [3.63, 3.8) is 0 Å². The van der Waals surface area contributed by atoms with E-state index in [1.807, 2.05) is 48.0 Å². The van der Waals surface area contributed by atoms with Crippen molar-refractivity contribution in [3.05, 3.63) is 53.9 Å². The van der Waals surface area contributed by atoms with E-state index in [0.717, 1.165) is 27.9 Å². The minimum atomic E-state index is -0.913. The van der Waals surface area contributed by atoms with Crippen molar-refractivity contribution in [2.45, 2.75) is 52.5 Å². The highest BCUT2D eigenvalue weighted by molar-refractivity contribution is 8.32. The summed E-state index contributed by atoms with van der Waals surface area (Å²) in [4.78, 5) is 29.2. The second kappa shape index (κ2) is 12.7. The van der Waals surface area contributed by atoms with Crippen LogP contribution in [-0.4, -0.2) is 71.5 Å². The molecular weight excluding hydrogens is 518 g/mol. The van der Waals surface area contributed by atoms with Crippen LogP contribution in [0.1, 0.15) is 31.9 Å². The van der Waals surface area contributed by atoms with Crippen molar-refractivity contribution in [1.29, 1.82) is 0 Å². The van der Waals surface area contributed by atoms with Crippen molar-refractivity contribution in [3.8, 4) is 11.5 Å². The summed E-state index contributed by atoms with van der Waals surface area (Å²) < 4.78 is 24.4. The van der Waals surface area contributed by atoms with Gasteiger partial charge in [-0.05, 0) is 75.8 Å². The molecule has 0 aliphatic rings. The second-order valence-electron chi connectivity index (χ2n) is 11.3. The van der Waals surface area contributed by atoms with E-state index in [4.69, 9.17) is 18.9 Å². The molecule has 10 heteroatoms. The number of methoxy groups -OCH3 is 1. The van der Waals surface area contributed by atoms with Crippen LogP contribution >= 0.6 is 10.0 Å². The van der Waals surface area contributed by atoms with Crippen molar-refractivity contribution in [1.82, 2.24) is 14.9 Å². The van der Waals surface area contributed by atoms with Gasteiger partial charge in [-0.3, -0.25) is 0 Å². The summed E-state index contributed by atoms with van der Waals surface area (Å²) in [5.74, 6) is 1.75. The third-order valence-electron chi connectivity index (χ3n) is 5.72. The number of ether oxygens (including phenoxy) is 4. The average molecular weight is 560 g/mol. The molecule has 0 fully saturated rings. The number of aromatic nitrogens is 2. The van der Waals surface area contributed by atoms with Crippen molar-refractivity contribution < 1.29 is 28.5 Å². The Morgan fingerprint density at radius 3 is 2.56 bits per heavy atom. The summed E-state index contributed by atoms with van der Waals surface area (Å²) in [5.41, 5.74) is 1.91. The van der Waals surface area contributed by atoms with E-state index in [1.54, 1.807) is 27.0 Å². The molecule has 3 rings (SSSR count). The van der Waals surface area contributed by atoms with Crippen LogP contribution in [0, 0.1) is 6.92 Å². The lowest BCUT2D eigenvalue weighted by molar-refractivity contribution is -0.143. The summed E-state index contributed by atoms with van der Waals surface area (Å²) in [5, 5.41) is 3.52. The number of amides is 1. The van der Waals surface area contributed by atoms with Crippen LogP contribution in [0.2, 0.25) is 0 Å².